The molecule has 0 bridgehead atoms. The van der Waals surface area contributed by atoms with Gasteiger partial charge in [-0.15, -0.1) is 0 Å². The zero-order chi connectivity index (χ0) is 14.7. The third-order valence-corrected chi connectivity index (χ3v) is 3.58. The average Bonchev–Trinajstić information content (AvgIpc) is 2.47. The maximum atomic E-state index is 8.54. The number of hydrogen-bond acceptors (Lipinski definition) is 3. The van der Waals surface area contributed by atoms with Crippen molar-refractivity contribution < 1.29 is 9.84 Å². The molecule has 20 heavy (non-hydrogen) atoms. The first-order valence-corrected chi connectivity index (χ1v) is 8.81. The van der Waals surface area contributed by atoms with E-state index < -0.39 is 0 Å². The minimum atomic E-state index is 0.131. The molecule has 122 valence electrons. The molecule has 0 aliphatic carbocycles. The van der Waals surface area contributed by atoms with Crippen molar-refractivity contribution in [2.45, 2.75) is 77.6 Å². The van der Waals surface area contributed by atoms with Gasteiger partial charge < -0.3 is 15.2 Å². The first kappa shape index (κ1) is 19.9. The van der Waals surface area contributed by atoms with E-state index in [9.17, 15) is 0 Å². The normalized spacial score (nSPS) is 11.1. The Bertz CT molecular complexity index is 147. The van der Waals surface area contributed by atoms with Gasteiger partial charge in [0.1, 0.15) is 0 Å². The van der Waals surface area contributed by atoms with Crippen molar-refractivity contribution in [2.75, 3.05) is 32.9 Å². The molecule has 0 atom stereocenters. The molecule has 0 aliphatic heterocycles. The zero-order valence-corrected chi connectivity index (χ0v) is 13.7. The zero-order valence-electron chi connectivity index (χ0n) is 13.7. The Balaban J connectivity index is 2.89. The highest BCUT2D eigenvalue weighted by atomic mass is 16.5. The van der Waals surface area contributed by atoms with Crippen molar-refractivity contribution in [1.29, 1.82) is 0 Å². The van der Waals surface area contributed by atoms with Gasteiger partial charge in [-0.25, -0.2) is 0 Å². The predicted octanol–water partition coefficient (Wildman–Crippen LogP) is 3.90. The predicted molar refractivity (Wildman–Crippen MR) is 87.2 cm³/mol. The van der Waals surface area contributed by atoms with E-state index in [1.54, 1.807) is 0 Å². The Kier molecular flexibility index (Phi) is 18.8. The summed E-state index contributed by atoms with van der Waals surface area (Å²) in [5.74, 6) is 0. The number of rotatable bonds is 17. The molecular weight excluding hydrogens is 250 g/mol. The maximum absolute atomic E-state index is 8.54. The van der Waals surface area contributed by atoms with Gasteiger partial charge in [0.2, 0.25) is 0 Å². The molecule has 0 aromatic heterocycles. The minimum absolute atomic E-state index is 0.131. The Morgan fingerprint density at radius 2 is 1.25 bits per heavy atom. The van der Waals surface area contributed by atoms with Crippen LogP contribution in [0, 0.1) is 0 Å². The summed E-state index contributed by atoms with van der Waals surface area (Å²) in [6.07, 6.45) is 15.0. The maximum Gasteiger partial charge on any atom is 0.0697 e. The van der Waals surface area contributed by atoms with Crippen molar-refractivity contribution in [2.24, 2.45) is 0 Å². The fourth-order valence-electron chi connectivity index (χ4n) is 2.33. The lowest BCUT2D eigenvalue weighted by Crippen LogP contribution is -2.18. The molecule has 0 saturated heterocycles. The van der Waals surface area contributed by atoms with Crippen LogP contribution < -0.4 is 5.32 Å². The first-order chi connectivity index (χ1) is 9.91. The summed E-state index contributed by atoms with van der Waals surface area (Å²) in [4.78, 5) is 0. The molecular formula is C17H37NO2. The molecule has 0 aromatic carbocycles. The molecule has 0 heterocycles. The van der Waals surface area contributed by atoms with Crippen molar-refractivity contribution >= 4 is 0 Å². The van der Waals surface area contributed by atoms with E-state index in [1.165, 1.54) is 64.2 Å². The molecule has 0 aliphatic rings. The van der Waals surface area contributed by atoms with Gasteiger partial charge in [-0.1, -0.05) is 64.7 Å². The second-order valence-electron chi connectivity index (χ2n) is 5.62. The van der Waals surface area contributed by atoms with E-state index in [0.29, 0.717) is 6.61 Å². The lowest BCUT2D eigenvalue weighted by Gasteiger charge is -2.05. The number of hydrogen-bond donors (Lipinski definition) is 2. The van der Waals surface area contributed by atoms with E-state index in [2.05, 4.69) is 12.2 Å². The topological polar surface area (TPSA) is 41.5 Å². The summed E-state index contributed by atoms with van der Waals surface area (Å²) in [7, 11) is 0. The third kappa shape index (κ3) is 17.9. The van der Waals surface area contributed by atoms with Crippen LogP contribution in [0.2, 0.25) is 0 Å². The lowest BCUT2D eigenvalue weighted by molar-refractivity contribution is 0.0907. The standard InChI is InChI=1S/C17H37NO2/c1-2-3-4-5-6-7-8-9-10-11-13-18-14-12-16-20-17-15-19/h18-19H,2-17H2,1H3. The second-order valence-corrected chi connectivity index (χ2v) is 5.62. The fourth-order valence-corrected chi connectivity index (χ4v) is 2.33. The van der Waals surface area contributed by atoms with Gasteiger partial charge in [0.25, 0.3) is 0 Å². The average molecular weight is 287 g/mol. The van der Waals surface area contributed by atoms with Crippen LogP contribution in [0.4, 0.5) is 0 Å². The minimum Gasteiger partial charge on any atom is -0.394 e. The lowest BCUT2D eigenvalue weighted by atomic mass is 10.1. The number of aliphatic hydroxyl groups excluding tert-OH is 1. The number of nitrogens with one attached hydrogen (secondary N) is 1. The molecule has 0 saturated carbocycles. The Labute approximate surface area is 126 Å². The van der Waals surface area contributed by atoms with Crippen LogP contribution in [0.15, 0.2) is 0 Å². The van der Waals surface area contributed by atoms with E-state index in [-0.39, 0.29) is 6.61 Å². The SMILES string of the molecule is CCCCCCCCCCCCNCCCOCCO. The molecule has 0 rings (SSSR count). The van der Waals surface area contributed by atoms with E-state index in [4.69, 9.17) is 9.84 Å². The van der Waals surface area contributed by atoms with Gasteiger partial charge in [-0.05, 0) is 25.9 Å². The van der Waals surface area contributed by atoms with Crippen molar-refractivity contribution in [3.05, 3.63) is 0 Å². The highest BCUT2D eigenvalue weighted by Gasteiger charge is 1.93. The number of unbranched alkanes of at least 4 members (excludes halogenated alkanes) is 9. The number of ether oxygens (including phenoxy) is 1. The Hall–Kier alpha value is -0.120. The van der Waals surface area contributed by atoms with Gasteiger partial charge in [0.15, 0.2) is 0 Å². The van der Waals surface area contributed by atoms with E-state index in [0.717, 1.165) is 26.1 Å². The van der Waals surface area contributed by atoms with Crippen LogP contribution in [0.25, 0.3) is 0 Å². The van der Waals surface area contributed by atoms with E-state index >= 15 is 0 Å². The fraction of sp³-hybridized carbons (Fsp3) is 1.00. The van der Waals surface area contributed by atoms with Gasteiger partial charge in [0.05, 0.1) is 13.2 Å². The van der Waals surface area contributed by atoms with Crippen molar-refractivity contribution in [3.8, 4) is 0 Å². The van der Waals surface area contributed by atoms with Gasteiger partial charge in [-0.2, -0.15) is 0 Å². The molecule has 0 spiro atoms. The summed E-state index contributed by atoms with van der Waals surface area (Å²) in [5, 5.41) is 12.0. The largest absolute Gasteiger partial charge is 0.394 e. The first-order valence-electron chi connectivity index (χ1n) is 8.81. The van der Waals surface area contributed by atoms with Crippen LogP contribution in [0.3, 0.4) is 0 Å². The summed E-state index contributed by atoms with van der Waals surface area (Å²) in [6, 6.07) is 0. The van der Waals surface area contributed by atoms with Gasteiger partial charge in [-0.3, -0.25) is 0 Å². The summed E-state index contributed by atoms with van der Waals surface area (Å²) >= 11 is 0. The highest BCUT2D eigenvalue weighted by Crippen LogP contribution is 2.10. The number of aliphatic hydroxyl groups is 1. The summed E-state index contributed by atoms with van der Waals surface area (Å²) in [6.45, 7) is 5.80. The molecule has 0 amide bonds. The van der Waals surface area contributed by atoms with Gasteiger partial charge in [0, 0.05) is 6.61 Å². The highest BCUT2D eigenvalue weighted by molar-refractivity contribution is 4.51. The molecule has 0 unspecified atom stereocenters. The molecule has 0 radical (unpaired) electrons. The van der Waals surface area contributed by atoms with Gasteiger partial charge >= 0.3 is 0 Å². The Morgan fingerprint density at radius 1 is 0.700 bits per heavy atom. The molecule has 2 N–H and O–H groups in total. The van der Waals surface area contributed by atoms with Crippen molar-refractivity contribution in [3.63, 3.8) is 0 Å². The monoisotopic (exact) mass is 287 g/mol. The van der Waals surface area contributed by atoms with Crippen LogP contribution in [0.5, 0.6) is 0 Å². The second kappa shape index (κ2) is 18.9. The van der Waals surface area contributed by atoms with Crippen LogP contribution in [0.1, 0.15) is 77.6 Å². The Morgan fingerprint density at radius 3 is 1.85 bits per heavy atom. The summed E-state index contributed by atoms with van der Waals surface area (Å²) in [5.41, 5.74) is 0. The molecule has 0 fully saturated rings. The van der Waals surface area contributed by atoms with Crippen LogP contribution in [-0.4, -0.2) is 38.0 Å². The van der Waals surface area contributed by atoms with Crippen LogP contribution in [-0.2, 0) is 4.74 Å². The molecule has 0 aromatic rings. The molecule has 3 nitrogen and oxygen atoms in total. The third-order valence-electron chi connectivity index (χ3n) is 3.58. The molecule has 3 heteroatoms. The smallest absolute Gasteiger partial charge is 0.0697 e. The van der Waals surface area contributed by atoms with Crippen LogP contribution >= 0.6 is 0 Å². The quantitative estimate of drug-likeness (QED) is 0.399. The van der Waals surface area contributed by atoms with E-state index in [1.807, 2.05) is 0 Å². The van der Waals surface area contributed by atoms with Crippen molar-refractivity contribution in [1.82, 2.24) is 5.32 Å². The summed E-state index contributed by atoms with van der Waals surface area (Å²) < 4.78 is 5.20.